The Balaban J connectivity index is 2.65. The van der Waals surface area contributed by atoms with E-state index in [9.17, 15) is 13.2 Å². The van der Waals surface area contributed by atoms with Crippen LogP contribution in [-0.2, 0) is 14.8 Å². The van der Waals surface area contributed by atoms with Crippen molar-refractivity contribution in [2.45, 2.75) is 50.4 Å². The fourth-order valence-corrected chi connectivity index (χ4v) is 2.99. The Morgan fingerprint density at radius 1 is 1.41 bits per heavy atom. The molecule has 0 radical (unpaired) electrons. The van der Waals surface area contributed by atoms with E-state index in [0.717, 1.165) is 0 Å². The average molecular weight is 265 g/mol. The van der Waals surface area contributed by atoms with Gasteiger partial charge in [0.25, 0.3) is 0 Å². The summed E-state index contributed by atoms with van der Waals surface area (Å²) >= 11 is 0. The second-order valence-electron chi connectivity index (χ2n) is 5.26. The lowest BCUT2D eigenvalue weighted by Gasteiger charge is -2.21. The molecular formula is C10H19NO5S. The van der Waals surface area contributed by atoms with Crippen molar-refractivity contribution in [3.63, 3.8) is 0 Å². The Kier molecular flexibility index (Phi) is 3.73. The molecule has 6 nitrogen and oxygen atoms in total. The maximum atomic E-state index is 11.9. The molecule has 0 bridgehead atoms. The molecule has 1 saturated carbocycles. The molecule has 0 saturated heterocycles. The van der Waals surface area contributed by atoms with E-state index in [1.807, 2.05) is 4.72 Å². The van der Waals surface area contributed by atoms with E-state index in [1.54, 1.807) is 20.8 Å². The zero-order valence-electron chi connectivity index (χ0n) is 10.3. The van der Waals surface area contributed by atoms with Gasteiger partial charge in [-0.2, -0.15) is 0 Å². The molecule has 0 aromatic rings. The first-order valence-corrected chi connectivity index (χ1v) is 6.96. The number of hydrogen-bond donors (Lipinski definition) is 2. The predicted molar refractivity (Wildman–Crippen MR) is 62.0 cm³/mol. The van der Waals surface area contributed by atoms with E-state index in [1.165, 1.54) is 0 Å². The maximum Gasteiger partial charge on any atom is 0.421 e. The van der Waals surface area contributed by atoms with Crippen molar-refractivity contribution in [1.29, 1.82) is 0 Å². The fraction of sp³-hybridized carbons (Fsp3) is 0.900. The smallest absolute Gasteiger partial charge is 0.421 e. The van der Waals surface area contributed by atoms with Crippen LogP contribution in [0.3, 0.4) is 0 Å². The van der Waals surface area contributed by atoms with Gasteiger partial charge in [-0.15, -0.1) is 0 Å². The van der Waals surface area contributed by atoms with Crippen LogP contribution in [0.4, 0.5) is 4.79 Å². The minimum Gasteiger partial charge on any atom is -0.443 e. The van der Waals surface area contributed by atoms with Crippen LogP contribution in [0.25, 0.3) is 0 Å². The number of rotatable bonds is 4. The molecule has 0 aromatic carbocycles. The second-order valence-corrected chi connectivity index (χ2v) is 7.34. The Bertz CT molecular complexity index is 391. The van der Waals surface area contributed by atoms with Gasteiger partial charge in [0.1, 0.15) is 5.60 Å². The second kappa shape index (κ2) is 4.45. The van der Waals surface area contributed by atoms with E-state index in [4.69, 9.17) is 9.84 Å². The highest BCUT2D eigenvalue weighted by Gasteiger charge is 2.54. The van der Waals surface area contributed by atoms with Crippen molar-refractivity contribution in [2.24, 2.45) is 0 Å². The number of nitrogens with one attached hydrogen (secondary N) is 1. The van der Waals surface area contributed by atoms with Crippen molar-refractivity contribution < 1.29 is 23.1 Å². The minimum absolute atomic E-state index is 0.144. The predicted octanol–water partition coefficient (Wildman–Crippen LogP) is 0.756. The summed E-state index contributed by atoms with van der Waals surface area (Å²) in [5.41, 5.74) is -0.743. The summed E-state index contributed by atoms with van der Waals surface area (Å²) in [6, 6.07) is 0. The molecule has 1 fully saturated rings. The lowest BCUT2D eigenvalue weighted by atomic mass is 10.2. The van der Waals surface area contributed by atoms with Gasteiger partial charge in [0.2, 0.25) is 10.0 Å². The summed E-state index contributed by atoms with van der Waals surface area (Å²) in [5, 5.41) is 8.82. The summed E-state index contributed by atoms with van der Waals surface area (Å²) in [6.07, 6.45) is 0.101. The van der Waals surface area contributed by atoms with Crippen molar-refractivity contribution >= 4 is 16.1 Å². The number of hydrogen-bond acceptors (Lipinski definition) is 5. The minimum atomic E-state index is -3.77. The van der Waals surface area contributed by atoms with Gasteiger partial charge in [-0.1, -0.05) is 0 Å². The van der Waals surface area contributed by atoms with E-state index >= 15 is 0 Å². The molecule has 0 spiro atoms. The highest BCUT2D eigenvalue weighted by Crippen LogP contribution is 2.45. The average Bonchev–Trinajstić information content (AvgIpc) is 2.80. The van der Waals surface area contributed by atoms with Gasteiger partial charge < -0.3 is 9.84 Å². The third kappa shape index (κ3) is 3.57. The SMILES string of the molecule is CC(C)(C)OC(=O)NS(=O)(=O)C1(CCO)CC1. The number of carbonyl (C=O) groups excluding carboxylic acids is 1. The normalized spacial score (nSPS) is 18.6. The highest BCUT2D eigenvalue weighted by atomic mass is 32.2. The van der Waals surface area contributed by atoms with Gasteiger partial charge in [-0.05, 0) is 40.0 Å². The fourth-order valence-electron chi connectivity index (χ4n) is 1.51. The molecule has 1 aliphatic rings. The van der Waals surface area contributed by atoms with Crippen molar-refractivity contribution in [3.05, 3.63) is 0 Å². The largest absolute Gasteiger partial charge is 0.443 e. The van der Waals surface area contributed by atoms with Crippen LogP contribution in [0.1, 0.15) is 40.0 Å². The summed E-state index contributed by atoms with van der Waals surface area (Å²) in [7, 11) is -3.77. The van der Waals surface area contributed by atoms with Crippen LogP contribution in [0.15, 0.2) is 0 Å². The summed E-state index contributed by atoms with van der Waals surface area (Å²) in [4.78, 5) is 11.4. The van der Waals surface area contributed by atoms with Crippen LogP contribution in [0, 0.1) is 0 Å². The van der Waals surface area contributed by atoms with Crippen LogP contribution in [-0.4, -0.2) is 36.6 Å². The van der Waals surface area contributed by atoms with Crippen molar-refractivity contribution in [3.8, 4) is 0 Å². The molecule has 2 N–H and O–H groups in total. The molecule has 17 heavy (non-hydrogen) atoms. The zero-order chi connectivity index (χ0) is 13.3. The highest BCUT2D eigenvalue weighted by molar-refractivity contribution is 7.91. The first-order valence-electron chi connectivity index (χ1n) is 5.48. The van der Waals surface area contributed by atoms with E-state index in [2.05, 4.69) is 0 Å². The van der Waals surface area contributed by atoms with Crippen LogP contribution >= 0.6 is 0 Å². The quantitative estimate of drug-likeness (QED) is 0.782. The molecule has 1 rings (SSSR count). The molecule has 100 valence electrons. The maximum absolute atomic E-state index is 11.9. The first-order chi connectivity index (χ1) is 7.62. The Morgan fingerprint density at radius 3 is 2.29 bits per heavy atom. The third-order valence-corrected chi connectivity index (χ3v) is 4.75. The summed E-state index contributed by atoms with van der Waals surface area (Å²) in [6.45, 7) is 4.74. The molecule has 1 aliphatic carbocycles. The lowest BCUT2D eigenvalue weighted by molar-refractivity contribution is 0.0569. The zero-order valence-corrected chi connectivity index (χ0v) is 11.1. The lowest BCUT2D eigenvalue weighted by Crippen LogP contribution is -2.42. The van der Waals surface area contributed by atoms with Gasteiger partial charge in [0.05, 0.1) is 4.75 Å². The van der Waals surface area contributed by atoms with Gasteiger partial charge in [-0.3, -0.25) is 0 Å². The summed E-state index contributed by atoms with van der Waals surface area (Å²) < 4.78 is 29.6. The molecule has 7 heteroatoms. The molecule has 0 unspecified atom stereocenters. The molecule has 0 aromatic heterocycles. The third-order valence-electron chi connectivity index (χ3n) is 2.56. The number of carbonyl (C=O) groups is 1. The number of aliphatic hydroxyl groups is 1. The molecule has 0 heterocycles. The summed E-state index contributed by atoms with van der Waals surface area (Å²) in [5.74, 6) is 0. The Morgan fingerprint density at radius 2 is 1.94 bits per heavy atom. The van der Waals surface area contributed by atoms with E-state index in [-0.39, 0.29) is 13.0 Å². The standard InChI is InChI=1S/C10H19NO5S/c1-9(2,3)16-8(13)11-17(14,15)10(4-5-10)6-7-12/h12H,4-7H2,1-3H3,(H,11,13). The molecule has 1 amide bonds. The van der Waals surface area contributed by atoms with Crippen molar-refractivity contribution in [2.75, 3.05) is 6.61 Å². The van der Waals surface area contributed by atoms with Crippen LogP contribution in [0.2, 0.25) is 0 Å². The van der Waals surface area contributed by atoms with Gasteiger partial charge in [0, 0.05) is 6.61 Å². The number of aliphatic hydroxyl groups excluding tert-OH is 1. The number of amides is 1. The van der Waals surface area contributed by atoms with Gasteiger partial charge in [-0.25, -0.2) is 17.9 Å². The topological polar surface area (TPSA) is 92.7 Å². The first kappa shape index (κ1) is 14.2. The van der Waals surface area contributed by atoms with Crippen LogP contribution < -0.4 is 4.72 Å². The number of ether oxygens (including phenoxy) is 1. The van der Waals surface area contributed by atoms with E-state index < -0.39 is 26.5 Å². The molecule has 0 aliphatic heterocycles. The monoisotopic (exact) mass is 265 g/mol. The molecular weight excluding hydrogens is 246 g/mol. The Labute approximate surface area is 101 Å². The van der Waals surface area contributed by atoms with Gasteiger partial charge in [0.15, 0.2) is 0 Å². The molecule has 0 atom stereocenters. The Hall–Kier alpha value is -0.820. The number of sulfonamides is 1. The van der Waals surface area contributed by atoms with Crippen LogP contribution in [0.5, 0.6) is 0 Å². The van der Waals surface area contributed by atoms with Crippen molar-refractivity contribution in [1.82, 2.24) is 4.72 Å². The van der Waals surface area contributed by atoms with E-state index in [0.29, 0.717) is 12.8 Å². The van der Waals surface area contributed by atoms with Gasteiger partial charge >= 0.3 is 6.09 Å².